The van der Waals surface area contributed by atoms with Crippen molar-refractivity contribution in [1.29, 1.82) is 0 Å². The lowest BCUT2D eigenvalue weighted by atomic mass is 9.78. The van der Waals surface area contributed by atoms with Crippen LogP contribution in [0.2, 0.25) is 0 Å². The van der Waals surface area contributed by atoms with Crippen LogP contribution in [-0.4, -0.2) is 106 Å². The van der Waals surface area contributed by atoms with Crippen LogP contribution in [0.3, 0.4) is 0 Å². The van der Waals surface area contributed by atoms with Crippen molar-refractivity contribution >= 4 is 30.9 Å². The van der Waals surface area contributed by atoms with E-state index in [9.17, 15) is 29.2 Å². The predicted octanol–water partition coefficient (Wildman–Crippen LogP) is -1.07. The van der Waals surface area contributed by atoms with Gasteiger partial charge in [0.25, 0.3) is 0 Å². The SMILES string of the molecule is O=C(O)Cn1ccnc1CN(CCCCCC(=O)NCC(=O)N1CCCC1B(O)O)Cc1nccn1CC(=O)O. The molecule has 5 N–H and O–H groups in total. The lowest BCUT2D eigenvalue weighted by Crippen LogP contribution is -2.48. The Balaban J connectivity index is 1.47. The lowest BCUT2D eigenvalue weighted by Gasteiger charge is -2.24. The van der Waals surface area contributed by atoms with E-state index in [-0.39, 0.29) is 37.9 Å². The normalized spacial score (nSPS) is 15.0. The zero-order chi connectivity index (χ0) is 29.1. The summed E-state index contributed by atoms with van der Waals surface area (Å²) in [6.07, 6.45) is 9.65. The fourth-order valence-corrected chi connectivity index (χ4v) is 4.75. The Kier molecular flexibility index (Phi) is 11.7. The van der Waals surface area contributed by atoms with Gasteiger partial charge in [-0.05, 0) is 32.2 Å². The number of rotatable bonds is 17. The molecule has 40 heavy (non-hydrogen) atoms. The molecule has 3 heterocycles. The Morgan fingerprint density at radius 3 is 2.10 bits per heavy atom. The van der Waals surface area contributed by atoms with E-state index in [1.807, 2.05) is 4.90 Å². The van der Waals surface area contributed by atoms with Gasteiger partial charge in [0.1, 0.15) is 24.7 Å². The highest BCUT2D eigenvalue weighted by Crippen LogP contribution is 2.18. The molecule has 1 unspecified atom stereocenters. The molecule has 0 aliphatic carbocycles. The molecule has 1 fully saturated rings. The second kappa shape index (κ2) is 15.1. The maximum absolute atomic E-state index is 12.3. The molecule has 1 saturated heterocycles. The summed E-state index contributed by atoms with van der Waals surface area (Å²) in [5, 5.41) is 39.8. The summed E-state index contributed by atoms with van der Waals surface area (Å²) < 4.78 is 3.08. The Morgan fingerprint density at radius 1 is 0.950 bits per heavy atom. The van der Waals surface area contributed by atoms with Gasteiger partial charge in [0.15, 0.2) is 0 Å². The molecule has 1 aliphatic heterocycles. The number of carboxylic acid groups (broad SMARTS) is 2. The van der Waals surface area contributed by atoms with Crippen LogP contribution in [0.1, 0.15) is 50.2 Å². The third-order valence-electron chi connectivity index (χ3n) is 6.72. The van der Waals surface area contributed by atoms with Crippen LogP contribution >= 0.6 is 0 Å². The first-order valence-corrected chi connectivity index (χ1v) is 13.2. The topological polar surface area (TPSA) is 203 Å². The van der Waals surface area contributed by atoms with Gasteiger partial charge < -0.3 is 39.6 Å². The van der Waals surface area contributed by atoms with E-state index in [1.54, 1.807) is 12.4 Å². The van der Waals surface area contributed by atoms with Gasteiger partial charge in [0, 0.05) is 37.8 Å². The standard InChI is InChI=1S/C24H36BN7O8/c33-21(28-13-22(34)32-10-4-5-18(32)25(39)40)6-2-1-3-9-29(14-19-26-7-11-30(19)16-23(35)36)15-20-27-8-12-31(20)17-24(37)38/h7-8,11-12,18,39-40H,1-6,9-10,13-17H2,(H,28,33)(H,35,36)(H,37,38). The number of amides is 2. The Morgan fingerprint density at radius 2 is 1.55 bits per heavy atom. The minimum atomic E-state index is -1.60. The number of carbonyl (C=O) groups excluding carboxylic acids is 2. The van der Waals surface area contributed by atoms with E-state index in [1.165, 1.54) is 26.4 Å². The fraction of sp³-hybridized carbons (Fsp3) is 0.583. The molecule has 0 spiro atoms. The van der Waals surface area contributed by atoms with E-state index < -0.39 is 25.0 Å². The fourth-order valence-electron chi connectivity index (χ4n) is 4.75. The average molecular weight is 561 g/mol. The van der Waals surface area contributed by atoms with Crippen molar-refractivity contribution in [2.75, 3.05) is 19.6 Å². The number of nitrogens with zero attached hydrogens (tertiary/aromatic N) is 6. The Hall–Kier alpha value is -3.76. The first kappa shape index (κ1) is 30.8. The van der Waals surface area contributed by atoms with Crippen LogP contribution in [0.5, 0.6) is 0 Å². The number of likely N-dealkylation sites (tertiary alicyclic amines) is 1. The molecule has 2 amide bonds. The Bertz CT molecular complexity index is 1100. The van der Waals surface area contributed by atoms with Crippen molar-refractivity contribution in [2.45, 2.75) is 70.6 Å². The molecular weight excluding hydrogens is 525 g/mol. The number of imidazole rings is 2. The molecule has 15 nitrogen and oxygen atoms in total. The summed E-state index contributed by atoms with van der Waals surface area (Å²) in [6.45, 7) is 0.995. The smallest absolute Gasteiger partial charge is 0.475 e. The molecule has 2 aromatic heterocycles. The van der Waals surface area contributed by atoms with Crippen molar-refractivity contribution in [3.05, 3.63) is 36.4 Å². The highest BCUT2D eigenvalue weighted by Gasteiger charge is 2.36. The largest absolute Gasteiger partial charge is 0.480 e. The van der Waals surface area contributed by atoms with Gasteiger partial charge in [-0.2, -0.15) is 0 Å². The van der Waals surface area contributed by atoms with Gasteiger partial charge in [-0.25, -0.2) is 9.97 Å². The summed E-state index contributed by atoms with van der Waals surface area (Å²) in [7, 11) is -1.60. The second-order valence-electron chi connectivity index (χ2n) is 9.74. The molecule has 1 aliphatic rings. The van der Waals surface area contributed by atoms with Crippen LogP contribution in [0, 0.1) is 0 Å². The van der Waals surface area contributed by atoms with Gasteiger partial charge in [0.05, 0.1) is 25.6 Å². The quantitative estimate of drug-likeness (QED) is 0.116. The van der Waals surface area contributed by atoms with Gasteiger partial charge in [0.2, 0.25) is 11.8 Å². The van der Waals surface area contributed by atoms with Crippen LogP contribution < -0.4 is 5.32 Å². The summed E-state index contributed by atoms with van der Waals surface area (Å²) >= 11 is 0. The molecule has 0 aromatic carbocycles. The second-order valence-corrected chi connectivity index (χ2v) is 9.74. The molecule has 0 saturated carbocycles. The number of hydrogen-bond donors (Lipinski definition) is 5. The zero-order valence-electron chi connectivity index (χ0n) is 22.3. The predicted molar refractivity (Wildman–Crippen MR) is 140 cm³/mol. The first-order valence-electron chi connectivity index (χ1n) is 13.2. The van der Waals surface area contributed by atoms with E-state index >= 15 is 0 Å². The average Bonchev–Trinajstić information content (AvgIpc) is 3.64. The third kappa shape index (κ3) is 9.46. The van der Waals surface area contributed by atoms with Crippen molar-refractivity contribution in [1.82, 2.24) is 34.2 Å². The lowest BCUT2D eigenvalue weighted by molar-refractivity contribution is -0.138. The number of unbranched alkanes of at least 4 members (excludes halogenated alkanes) is 2. The summed E-state index contributed by atoms with van der Waals surface area (Å²) in [6, 6.07) is 0. The van der Waals surface area contributed by atoms with Gasteiger partial charge in [-0.3, -0.25) is 24.1 Å². The minimum Gasteiger partial charge on any atom is -0.480 e. The number of carbonyl (C=O) groups is 4. The highest BCUT2D eigenvalue weighted by atomic mass is 16.4. The van der Waals surface area contributed by atoms with E-state index in [4.69, 9.17) is 10.2 Å². The molecule has 2 aromatic rings. The molecule has 1 atom stereocenters. The van der Waals surface area contributed by atoms with E-state index in [2.05, 4.69) is 15.3 Å². The zero-order valence-corrected chi connectivity index (χ0v) is 22.3. The van der Waals surface area contributed by atoms with Crippen LogP contribution in [0.25, 0.3) is 0 Å². The van der Waals surface area contributed by atoms with E-state index in [0.29, 0.717) is 69.9 Å². The molecular formula is C24H36BN7O8. The van der Waals surface area contributed by atoms with Crippen molar-refractivity contribution in [3.8, 4) is 0 Å². The van der Waals surface area contributed by atoms with Crippen molar-refractivity contribution in [3.63, 3.8) is 0 Å². The van der Waals surface area contributed by atoms with Crippen LogP contribution in [0.15, 0.2) is 24.8 Å². The first-order chi connectivity index (χ1) is 19.1. The molecule has 0 radical (unpaired) electrons. The summed E-state index contributed by atoms with van der Waals surface area (Å²) in [5.74, 6) is -2.13. The highest BCUT2D eigenvalue weighted by molar-refractivity contribution is 6.43. The van der Waals surface area contributed by atoms with Crippen molar-refractivity contribution < 1.29 is 39.4 Å². The number of carboxylic acids is 2. The number of nitrogens with one attached hydrogen (secondary N) is 1. The summed E-state index contributed by atoms with van der Waals surface area (Å²) in [5.41, 5.74) is 0. The van der Waals surface area contributed by atoms with Gasteiger partial charge >= 0.3 is 19.1 Å². The summed E-state index contributed by atoms with van der Waals surface area (Å²) in [4.78, 5) is 58.9. The van der Waals surface area contributed by atoms with Crippen LogP contribution in [-0.2, 0) is 45.4 Å². The Labute approximate surface area is 231 Å². The van der Waals surface area contributed by atoms with Crippen molar-refractivity contribution in [2.24, 2.45) is 0 Å². The van der Waals surface area contributed by atoms with E-state index in [0.717, 1.165) is 0 Å². The molecule has 0 bridgehead atoms. The number of aromatic nitrogens is 4. The molecule has 3 rings (SSSR count). The van der Waals surface area contributed by atoms with Gasteiger partial charge in [-0.15, -0.1) is 0 Å². The number of aliphatic carboxylic acids is 2. The monoisotopic (exact) mass is 561 g/mol. The third-order valence-corrected chi connectivity index (χ3v) is 6.72. The number of hydrogen-bond acceptors (Lipinski definition) is 9. The molecule has 16 heteroatoms. The minimum absolute atomic E-state index is 0.193. The maximum Gasteiger partial charge on any atom is 0.475 e. The molecule has 218 valence electrons. The maximum atomic E-state index is 12.3. The van der Waals surface area contributed by atoms with Crippen LogP contribution in [0.4, 0.5) is 0 Å². The van der Waals surface area contributed by atoms with Gasteiger partial charge in [-0.1, -0.05) is 6.42 Å².